The van der Waals surface area contributed by atoms with Crippen molar-refractivity contribution < 1.29 is 4.42 Å². The summed E-state index contributed by atoms with van der Waals surface area (Å²) in [6.45, 7) is 0. The van der Waals surface area contributed by atoms with Crippen molar-refractivity contribution in [3.63, 3.8) is 0 Å². The maximum Gasteiger partial charge on any atom is 0.143 e. The quantitative estimate of drug-likeness (QED) is 0.128. The Hall–Kier alpha value is -4.30. The zero-order valence-corrected chi connectivity index (χ0v) is 42.8. The van der Waals surface area contributed by atoms with Crippen molar-refractivity contribution in [2.75, 3.05) is 0 Å². The third-order valence-corrected chi connectivity index (χ3v) is 17.7. The van der Waals surface area contributed by atoms with Crippen LogP contribution in [0.4, 0.5) is 0 Å². The van der Waals surface area contributed by atoms with Crippen molar-refractivity contribution in [2.45, 2.75) is 0 Å². The predicted molar refractivity (Wildman–Crippen MR) is 354 cm³/mol. The summed E-state index contributed by atoms with van der Waals surface area (Å²) in [7, 11) is 49.5. The van der Waals surface area contributed by atoms with Gasteiger partial charge in [-0.1, -0.05) is 118 Å². The van der Waals surface area contributed by atoms with Gasteiger partial charge in [0.25, 0.3) is 0 Å². The first-order chi connectivity index (χ1) is 30.1. The molecule has 0 aliphatic heterocycles. The third-order valence-electron chi connectivity index (χ3n) is 17.7. The second kappa shape index (κ2) is 15.4. The monoisotopic (exact) mass is 799 g/mol. The molecule has 0 spiro atoms. The number of furan rings is 1. The van der Waals surface area contributed by atoms with Crippen molar-refractivity contribution in [2.24, 2.45) is 0 Å². The summed E-state index contributed by atoms with van der Waals surface area (Å²) in [5, 5.41) is 11.0. The zero-order valence-electron chi connectivity index (χ0n) is 42.8. The first-order valence-electron chi connectivity index (χ1n) is 23.6. The molecule has 1 heterocycles. The summed E-state index contributed by atoms with van der Waals surface area (Å²) in [5.74, 6) is 0. The van der Waals surface area contributed by atoms with Crippen LogP contribution in [0.25, 0.3) is 87.6 Å². The molecule has 1 aromatic heterocycles. The maximum absolute atomic E-state index is 7.02. The summed E-state index contributed by atoms with van der Waals surface area (Å²) in [5.41, 5.74) is 38.7. The smallest absolute Gasteiger partial charge is 0.143 e. The van der Waals surface area contributed by atoms with Crippen molar-refractivity contribution in [3.8, 4) is 33.4 Å². The Kier molecular flexibility index (Phi) is 10.8. The molecule has 22 heteroatoms. The van der Waals surface area contributed by atoms with E-state index in [9.17, 15) is 0 Å². The normalized spacial score (nSPS) is 11.8. The third kappa shape index (κ3) is 5.75. The summed E-state index contributed by atoms with van der Waals surface area (Å²) in [6, 6.07) is 11.0. The highest BCUT2D eigenvalue weighted by molar-refractivity contribution is 6.75. The van der Waals surface area contributed by atoms with E-state index in [1.165, 1.54) is 191 Å². The second-order valence-electron chi connectivity index (χ2n) is 20.1. The molecular formula is C42H47B21O. The lowest BCUT2D eigenvalue weighted by atomic mass is 9.56. The van der Waals surface area contributed by atoms with E-state index in [-0.39, 0.29) is 0 Å². The Morgan fingerprint density at radius 2 is 0.469 bits per heavy atom. The van der Waals surface area contributed by atoms with Gasteiger partial charge in [-0.3, -0.25) is 0 Å². The minimum atomic E-state index is 1.03. The minimum Gasteiger partial charge on any atom is -0.457 e. The highest BCUT2D eigenvalue weighted by atomic mass is 16.3. The molecule has 9 rings (SSSR count). The largest absolute Gasteiger partial charge is 0.457 e. The lowest BCUT2D eigenvalue weighted by Crippen LogP contribution is -2.51. The van der Waals surface area contributed by atoms with Crippen molar-refractivity contribution in [1.82, 2.24) is 0 Å². The van der Waals surface area contributed by atoms with Gasteiger partial charge in [0.1, 0.15) is 176 Å². The molecule has 0 saturated carbocycles. The van der Waals surface area contributed by atoms with Crippen LogP contribution in [0.15, 0.2) is 34.7 Å². The summed E-state index contributed by atoms with van der Waals surface area (Å²) < 4.78 is 7.02. The molecule has 0 radical (unpaired) electrons. The zero-order chi connectivity index (χ0) is 46.6. The van der Waals surface area contributed by atoms with Gasteiger partial charge in [0.2, 0.25) is 0 Å². The van der Waals surface area contributed by atoms with Gasteiger partial charge < -0.3 is 4.42 Å². The van der Waals surface area contributed by atoms with E-state index in [4.69, 9.17) is 4.42 Å². The minimum absolute atomic E-state index is 1.03. The van der Waals surface area contributed by atoms with E-state index < -0.39 is 0 Å². The molecule has 8 aromatic carbocycles. The molecule has 0 bridgehead atoms. The Bertz CT molecular complexity index is 3590. The van der Waals surface area contributed by atoms with Crippen LogP contribution in [-0.2, 0) is 0 Å². The Morgan fingerprint density at radius 3 is 0.875 bits per heavy atom. The summed E-state index contributed by atoms with van der Waals surface area (Å²) in [4.78, 5) is 0. The topological polar surface area (TPSA) is 13.1 Å². The summed E-state index contributed by atoms with van der Waals surface area (Å²) in [6.07, 6.45) is 0. The standard InChI is InChI=1S/C42H47B21O/c43-20-7(6-4-2-1-3-5-6)23(46)29(52)17-16(20)30(53)28(51)14(21(17)44)8-10-12(26(49)35(58)33(56)24(10)47)9(13-11(8)25(48)34(57)36(59)27(13)50)15-22(45)18-19-32(55)37(60)38(61)40(63)42(19)64-41(18)39(62)31(15)54/h1-5H,43-63H2. The molecular weight excluding hydrogens is 748 g/mol. The van der Waals surface area contributed by atoms with Crippen LogP contribution in [0.3, 0.4) is 0 Å². The predicted octanol–water partition coefficient (Wildman–Crippen LogP) is -24.5. The SMILES string of the molecule is Bc1c(B)c(B)c2c(oc3c(B)c(B)c(-c4c5c(B)c(B)c(B)c(B)c5c(-c5c(B)c(B)c6c(B)c(-c7ccccc7)c(B)c(B)c6c5B)c5c(B)c(B)c(B)c(B)c45)c(B)c32)c1B. The number of hydrogen-bond donors (Lipinski definition) is 0. The first-order valence-corrected chi connectivity index (χ1v) is 23.6. The lowest BCUT2D eigenvalue weighted by Gasteiger charge is -2.32. The Balaban J connectivity index is 1.59. The molecule has 0 aliphatic rings. The fourth-order valence-electron chi connectivity index (χ4n) is 12.6. The van der Waals surface area contributed by atoms with E-state index >= 15 is 0 Å². The number of hydrogen-bond acceptors (Lipinski definition) is 1. The molecule has 9 aromatic rings. The molecule has 64 heavy (non-hydrogen) atoms. The number of fused-ring (bicyclic) bond motifs is 6. The summed E-state index contributed by atoms with van der Waals surface area (Å²) >= 11 is 0. The van der Waals surface area contributed by atoms with Gasteiger partial charge in [0.05, 0.1) is 0 Å². The van der Waals surface area contributed by atoms with Crippen LogP contribution in [-0.4, -0.2) is 165 Å². The van der Waals surface area contributed by atoms with Gasteiger partial charge in [-0.25, -0.2) is 0 Å². The fourth-order valence-corrected chi connectivity index (χ4v) is 12.6. The van der Waals surface area contributed by atoms with E-state index in [2.05, 4.69) is 195 Å². The van der Waals surface area contributed by atoms with Gasteiger partial charge in [-0.2, -0.15) is 0 Å². The Morgan fingerprint density at radius 1 is 0.203 bits per heavy atom. The van der Waals surface area contributed by atoms with E-state index in [0.29, 0.717) is 0 Å². The Labute approximate surface area is 399 Å². The number of benzene rings is 8. The van der Waals surface area contributed by atoms with Gasteiger partial charge in [-0.15, -0.1) is 27.3 Å². The van der Waals surface area contributed by atoms with Crippen LogP contribution < -0.4 is 115 Å². The molecule has 1 nitrogen and oxygen atoms in total. The van der Waals surface area contributed by atoms with E-state index in [1.807, 2.05) is 0 Å². The van der Waals surface area contributed by atoms with Gasteiger partial charge in [0, 0.05) is 10.8 Å². The molecule has 284 valence electrons. The fraction of sp³-hybridized carbons (Fsp3) is 0. The van der Waals surface area contributed by atoms with Crippen LogP contribution >= 0.6 is 0 Å². The van der Waals surface area contributed by atoms with Crippen LogP contribution in [0.1, 0.15) is 0 Å². The molecule has 0 unspecified atom stereocenters. The van der Waals surface area contributed by atoms with Gasteiger partial charge in [-0.05, 0) is 65.7 Å². The molecule has 0 N–H and O–H groups in total. The average Bonchev–Trinajstić information content (AvgIpc) is 3.69. The van der Waals surface area contributed by atoms with Crippen molar-refractivity contribution in [3.05, 3.63) is 30.3 Å². The van der Waals surface area contributed by atoms with E-state index in [1.54, 1.807) is 0 Å². The number of rotatable bonds is 3. The first kappa shape index (κ1) is 44.9. The van der Waals surface area contributed by atoms with Crippen LogP contribution in [0, 0.1) is 0 Å². The highest BCUT2D eigenvalue weighted by Crippen LogP contribution is 2.40. The van der Waals surface area contributed by atoms with Crippen LogP contribution in [0.5, 0.6) is 0 Å². The average molecular weight is 795 g/mol. The van der Waals surface area contributed by atoms with Crippen molar-refractivity contribution in [1.29, 1.82) is 0 Å². The molecule has 0 fully saturated rings. The van der Waals surface area contributed by atoms with Gasteiger partial charge >= 0.3 is 0 Å². The second-order valence-corrected chi connectivity index (χ2v) is 20.1. The molecule has 0 aliphatic carbocycles. The maximum atomic E-state index is 7.02. The molecule has 0 atom stereocenters. The van der Waals surface area contributed by atoms with E-state index in [0.717, 1.165) is 11.2 Å². The highest BCUT2D eigenvalue weighted by Gasteiger charge is 2.31. The van der Waals surface area contributed by atoms with Crippen LogP contribution in [0.2, 0.25) is 0 Å². The van der Waals surface area contributed by atoms with Crippen molar-refractivity contribution >= 4 is 334 Å². The molecule has 0 amide bonds. The lowest BCUT2D eigenvalue weighted by molar-refractivity contribution is 0.675. The van der Waals surface area contributed by atoms with Gasteiger partial charge in [0.15, 0.2) is 0 Å². The molecule has 0 saturated heterocycles.